The van der Waals surface area contributed by atoms with Crippen molar-refractivity contribution in [3.05, 3.63) is 51.8 Å². The van der Waals surface area contributed by atoms with Crippen LogP contribution in [0, 0.1) is 13.8 Å². The maximum atomic E-state index is 11.7. The molecule has 2 aromatic rings. The maximum Gasteiger partial charge on any atom is 0.182 e. The Morgan fingerprint density at radius 1 is 1.25 bits per heavy atom. The fourth-order valence-corrected chi connectivity index (χ4v) is 2.85. The molecule has 3 heterocycles. The third-order valence-electron chi connectivity index (χ3n) is 3.69. The fraction of sp³-hybridized carbons (Fsp3) is 0.400. The normalized spacial score (nSPS) is 18.5. The van der Waals surface area contributed by atoms with Crippen LogP contribution in [0.4, 0.5) is 5.82 Å². The first-order valence-corrected chi connectivity index (χ1v) is 6.89. The van der Waals surface area contributed by atoms with E-state index in [2.05, 4.69) is 19.9 Å². The van der Waals surface area contributed by atoms with Crippen LogP contribution in [0.3, 0.4) is 0 Å². The molecule has 0 radical (unpaired) electrons. The lowest BCUT2D eigenvalue weighted by Gasteiger charge is -2.26. The summed E-state index contributed by atoms with van der Waals surface area (Å²) in [6, 6.07) is 5.50. The molecule has 0 unspecified atom stereocenters. The van der Waals surface area contributed by atoms with Crippen molar-refractivity contribution in [1.82, 2.24) is 15.0 Å². The van der Waals surface area contributed by atoms with Gasteiger partial charge in [-0.1, -0.05) is 0 Å². The van der Waals surface area contributed by atoms with Crippen molar-refractivity contribution in [2.24, 2.45) is 0 Å². The zero-order valence-electron chi connectivity index (χ0n) is 11.8. The summed E-state index contributed by atoms with van der Waals surface area (Å²) in [5, 5.41) is 0. The number of hydrogen-bond donors (Lipinski definition) is 1. The lowest BCUT2D eigenvalue weighted by Crippen LogP contribution is -2.25. The van der Waals surface area contributed by atoms with Crippen molar-refractivity contribution in [2.75, 3.05) is 11.4 Å². The van der Waals surface area contributed by atoms with Crippen LogP contribution in [0.1, 0.15) is 36.0 Å². The van der Waals surface area contributed by atoms with Gasteiger partial charge < -0.3 is 9.88 Å². The van der Waals surface area contributed by atoms with Gasteiger partial charge in [0.05, 0.1) is 6.04 Å². The second kappa shape index (κ2) is 5.07. The summed E-state index contributed by atoms with van der Waals surface area (Å²) in [6.45, 7) is 4.83. The summed E-state index contributed by atoms with van der Waals surface area (Å²) in [7, 11) is 0. The van der Waals surface area contributed by atoms with E-state index in [1.54, 1.807) is 18.5 Å². The second-order valence-electron chi connectivity index (χ2n) is 5.32. The molecule has 0 spiro atoms. The van der Waals surface area contributed by atoms with E-state index in [1.165, 1.54) is 0 Å². The molecule has 5 nitrogen and oxygen atoms in total. The summed E-state index contributed by atoms with van der Waals surface area (Å²) in [5.41, 5.74) is 2.89. The molecule has 1 fully saturated rings. The zero-order valence-corrected chi connectivity index (χ0v) is 11.8. The van der Waals surface area contributed by atoms with E-state index in [4.69, 9.17) is 0 Å². The molecule has 2 aromatic heterocycles. The van der Waals surface area contributed by atoms with Crippen molar-refractivity contribution in [3.63, 3.8) is 0 Å². The second-order valence-corrected chi connectivity index (χ2v) is 5.32. The minimum Gasteiger partial charge on any atom is -0.361 e. The van der Waals surface area contributed by atoms with E-state index < -0.39 is 0 Å². The summed E-state index contributed by atoms with van der Waals surface area (Å²) in [5.74, 6) is 0.933. The Kier molecular flexibility index (Phi) is 3.26. The number of aromatic nitrogens is 3. The Labute approximate surface area is 117 Å². The molecule has 0 aliphatic carbocycles. The molecule has 0 aromatic carbocycles. The number of anilines is 1. The quantitative estimate of drug-likeness (QED) is 0.908. The summed E-state index contributed by atoms with van der Waals surface area (Å²) in [4.78, 5) is 25.8. The predicted octanol–water partition coefficient (Wildman–Crippen LogP) is 2.12. The molecule has 1 aliphatic rings. The number of hydrogen-bond acceptors (Lipinski definition) is 4. The van der Waals surface area contributed by atoms with Gasteiger partial charge in [-0.05, 0) is 26.7 Å². The topological polar surface area (TPSA) is 61.9 Å². The number of rotatable bonds is 2. The minimum atomic E-state index is 0.0574. The molecule has 0 bridgehead atoms. The van der Waals surface area contributed by atoms with E-state index in [1.807, 2.05) is 19.9 Å². The Morgan fingerprint density at radius 3 is 2.85 bits per heavy atom. The molecule has 1 saturated heterocycles. The molecule has 20 heavy (non-hydrogen) atoms. The predicted molar refractivity (Wildman–Crippen MR) is 77.9 cm³/mol. The van der Waals surface area contributed by atoms with Gasteiger partial charge in [0.2, 0.25) is 0 Å². The van der Waals surface area contributed by atoms with E-state index >= 15 is 0 Å². The largest absolute Gasteiger partial charge is 0.361 e. The van der Waals surface area contributed by atoms with Crippen LogP contribution < -0.4 is 10.3 Å². The molecular formula is C15H18N4O. The maximum absolute atomic E-state index is 11.7. The van der Waals surface area contributed by atoms with E-state index in [0.717, 1.165) is 42.3 Å². The van der Waals surface area contributed by atoms with Crippen LogP contribution >= 0.6 is 0 Å². The van der Waals surface area contributed by atoms with Crippen LogP contribution in [0.25, 0.3) is 0 Å². The van der Waals surface area contributed by atoms with Crippen LogP contribution in [-0.2, 0) is 0 Å². The van der Waals surface area contributed by atoms with E-state index in [-0.39, 0.29) is 11.5 Å². The average Bonchev–Trinajstić information content (AvgIpc) is 2.86. The van der Waals surface area contributed by atoms with Gasteiger partial charge >= 0.3 is 0 Å². The summed E-state index contributed by atoms with van der Waals surface area (Å²) >= 11 is 0. The number of pyridine rings is 1. The summed E-state index contributed by atoms with van der Waals surface area (Å²) < 4.78 is 0. The van der Waals surface area contributed by atoms with Gasteiger partial charge in [-0.15, -0.1) is 0 Å². The molecule has 1 atom stereocenters. The SMILES string of the molecule is Cc1cc(N2CCC[C@@H]2c2cc(=O)cc(C)[nH]2)ncn1. The van der Waals surface area contributed by atoms with Crippen molar-refractivity contribution in [2.45, 2.75) is 32.7 Å². The van der Waals surface area contributed by atoms with Crippen molar-refractivity contribution >= 4 is 5.82 Å². The molecule has 1 aliphatic heterocycles. The van der Waals surface area contributed by atoms with E-state index in [0.29, 0.717) is 0 Å². The minimum absolute atomic E-state index is 0.0574. The van der Waals surface area contributed by atoms with Gasteiger partial charge in [0, 0.05) is 41.8 Å². The van der Waals surface area contributed by atoms with Crippen LogP contribution in [0.15, 0.2) is 29.3 Å². The van der Waals surface area contributed by atoms with Crippen molar-refractivity contribution in [1.29, 1.82) is 0 Å². The van der Waals surface area contributed by atoms with Gasteiger partial charge in [0.1, 0.15) is 12.1 Å². The molecule has 3 rings (SSSR count). The van der Waals surface area contributed by atoms with Gasteiger partial charge in [-0.25, -0.2) is 9.97 Å². The average molecular weight is 270 g/mol. The Morgan fingerprint density at radius 2 is 2.10 bits per heavy atom. The molecule has 104 valence electrons. The monoisotopic (exact) mass is 270 g/mol. The number of aromatic amines is 1. The smallest absolute Gasteiger partial charge is 0.182 e. The van der Waals surface area contributed by atoms with Gasteiger partial charge in [-0.2, -0.15) is 0 Å². The van der Waals surface area contributed by atoms with Crippen LogP contribution in [0.2, 0.25) is 0 Å². The molecular weight excluding hydrogens is 252 g/mol. The Balaban J connectivity index is 1.98. The van der Waals surface area contributed by atoms with Crippen LogP contribution in [-0.4, -0.2) is 21.5 Å². The van der Waals surface area contributed by atoms with E-state index in [9.17, 15) is 4.79 Å². The highest BCUT2D eigenvalue weighted by Crippen LogP contribution is 2.33. The van der Waals surface area contributed by atoms with Gasteiger partial charge in [0.15, 0.2) is 5.43 Å². The first-order chi connectivity index (χ1) is 9.63. The Bertz CT molecular complexity index is 680. The number of nitrogens with one attached hydrogen (secondary N) is 1. The highest BCUT2D eigenvalue weighted by molar-refractivity contribution is 5.43. The fourth-order valence-electron chi connectivity index (χ4n) is 2.85. The number of aryl methyl sites for hydroxylation is 2. The Hall–Kier alpha value is -2.17. The molecule has 5 heteroatoms. The third kappa shape index (κ3) is 2.43. The first-order valence-electron chi connectivity index (χ1n) is 6.89. The molecule has 0 saturated carbocycles. The lowest BCUT2D eigenvalue weighted by molar-refractivity contribution is 0.682. The highest BCUT2D eigenvalue weighted by Gasteiger charge is 2.28. The summed E-state index contributed by atoms with van der Waals surface area (Å²) in [6.07, 6.45) is 3.73. The van der Waals surface area contributed by atoms with Gasteiger partial charge in [-0.3, -0.25) is 4.79 Å². The van der Waals surface area contributed by atoms with Crippen LogP contribution in [0.5, 0.6) is 0 Å². The molecule has 0 amide bonds. The third-order valence-corrected chi connectivity index (χ3v) is 3.69. The zero-order chi connectivity index (χ0) is 14.1. The molecule has 1 N–H and O–H groups in total. The van der Waals surface area contributed by atoms with Crippen molar-refractivity contribution < 1.29 is 0 Å². The first kappa shape index (κ1) is 12.8. The number of H-pyrrole nitrogens is 1. The standard InChI is InChI=1S/C15H18N4O/c1-10-7-15(17-9-16-10)19-5-3-4-14(19)13-8-12(20)6-11(2)18-13/h6-9,14H,3-5H2,1-2H3,(H,18,20)/t14-/m1/s1. The number of nitrogens with zero attached hydrogens (tertiary/aromatic N) is 3. The van der Waals surface area contributed by atoms with Crippen molar-refractivity contribution in [3.8, 4) is 0 Å². The lowest BCUT2D eigenvalue weighted by atomic mass is 10.1. The van der Waals surface area contributed by atoms with Gasteiger partial charge in [0.25, 0.3) is 0 Å². The highest BCUT2D eigenvalue weighted by atomic mass is 16.1.